The number of thiazole rings is 1. The molecule has 2 atom stereocenters. The lowest BCUT2D eigenvalue weighted by Gasteiger charge is -2.34. The summed E-state index contributed by atoms with van der Waals surface area (Å²) in [4.78, 5) is 6.59. The molecule has 0 saturated heterocycles. The van der Waals surface area contributed by atoms with E-state index in [0.717, 1.165) is 13.2 Å². The van der Waals surface area contributed by atoms with Crippen molar-refractivity contribution in [2.45, 2.75) is 58.4 Å². The maximum atomic E-state index is 5.25. The van der Waals surface area contributed by atoms with Gasteiger partial charge in [-0.25, -0.2) is 4.98 Å². The minimum atomic E-state index is 0.0526. The summed E-state index contributed by atoms with van der Waals surface area (Å²) in [6, 6.07) is 0. The van der Waals surface area contributed by atoms with E-state index in [1.165, 1.54) is 47.7 Å². The number of nitrogens with one attached hydrogen (secondary N) is 1. The summed E-state index contributed by atoms with van der Waals surface area (Å²) in [5, 5.41) is 5.16. The van der Waals surface area contributed by atoms with E-state index < -0.39 is 0 Å². The van der Waals surface area contributed by atoms with Crippen LogP contribution in [0.3, 0.4) is 0 Å². The van der Waals surface area contributed by atoms with Crippen LogP contribution in [0.2, 0.25) is 0 Å². The summed E-state index contributed by atoms with van der Waals surface area (Å²) in [6.45, 7) is 8.84. The molecule has 3 nitrogen and oxygen atoms in total. The number of hydrogen-bond acceptors (Lipinski definition) is 4. The molecule has 4 heteroatoms. The normalized spacial score (nSPS) is 30.8. The fraction of sp³-hybridized carbons (Fsp3) is 0.824. The average Bonchev–Trinajstić information content (AvgIpc) is 3.02. The predicted octanol–water partition coefficient (Wildman–Crippen LogP) is 3.52. The van der Waals surface area contributed by atoms with Crippen molar-refractivity contribution in [1.29, 1.82) is 0 Å². The van der Waals surface area contributed by atoms with Crippen LogP contribution in [0.15, 0.2) is 0 Å². The van der Waals surface area contributed by atoms with Crippen LogP contribution in [0.5, 0.6) is 0 Å². The van der Waals surface area contributed by atoms with Crippen LogP contribution in [0.25, 0.3) is 0 Å². The van der Waals surface area contributed by atoms with E-state index in [1.54, 1.807) is 7.11 Å². The first-order valence-electron chi connectivity index (χ1n) is 8.20. The third kappa shape index (κ3) is 2.78. The Hall–Kier alpha value is -0.450. The first kappa shape index (κ1) is 15.4. The van der Waals surface area contributed by atoms with Crippen molar-refractivity contribution >= 4 is 11.3 Å². The van der Waals surface area contributed by atoms with Gasteiger partial charge in [0.2, 0.25) is 0 Å². The molecule has 1 heterocycles. The van der Waals surface area contributed by atoms with E-state index in [4.69, 9.17) is 9.72 Å². The molecule has 0 bridgehead atoms. The number of aromatic nitrogens is 1. The van der Waals surface area contributed by atoms with Gasteiger partial charge in [0.15, 0.2) is 0 Å². The molecule has 2 aliphatic carbocycles. The zero-order valence-electron chi connectivity index (χ0n) is 13.8. The second-order valence-corrected chi connectivity index (χ2v) is 8.66. The van der Waals surface area contributed by atoms with Crippen LogP contribution < -0.4 is 5.32 Å². The van der Waals surface area contributed by atoms with E-state index in [9.17, 15) is 0 Å². The fourth-order valence-corrected chi connectivity index (χ4v) is 5.79. The quantitative estimate of drug-likeness (QED) is 0.845. The van der Waals surface area contributed by atoms with Gasteiger partial charge in [0.1, 0.15) is 5.01 Å². The highest BCUT2D eigenvalue weighted by molar-refractivity contribution is 7.12. The largest absolute Gasteiger partial charge is 0.383 e. The smallest absolute Gasteiger partial charge is 0.114 e. The standard InChI is InChI=1S/C17H28N2OS/c1-12-10-16(2,3)11-17(12,18-8-9-20-4)15-19-13-6-5-7-14(13)21-15/h12,18H,5-11H2,1-4H3. The SMILES string of the molecule is COCCNC1(c2nc3c(s2)CCC3)CC(C)(C)CC1C. The molecular weight excluding hydrogens is 280 g/mol. The molecule has 2 aliphatic rings. The first-order valence-corrected chi connectivity index (χ1v) is 9.01. The van der Waals surface area contributed by atoms with Gasteiger partial charge in [0, 0.05) is 18.5 Å². The van der Waals surface area contributed by atoms with Crippen molar-refractivity contribution in [2.24, 2.45) is 11.3 Å². The van der Waals surface area contributed by atoms with Crippen LogP contribution in [0.4, 0.5) is 0 Å². The first-order chi connectivity index (χ1) is 9.97. The van der Waals surface area contributed by atoms with Gasteiger partial charge in [0.25, 0.3) is 0 Å². The van der Waals surface area contributed by atoms with Gasteiger partial charge in [-0.3, -0.25) is 0 Å². The molecule has 118 valence electrons. The summed E-state index contributed by atoms with van der Waals surface area (Å²) in [6.07, 6.45) is 6.14. The number of methoxy groups -OCH3 is 1. The van der Waals surface area contributed by atoms with E-state index >= 15 is 0 Å². The summed E-state index contributed by atoms with van der Waals surface area (Å²) < 4.78 is 5.25. The van der Waals surface area contributed by atoms with E-state index in [1.807, 2.05) is 11.3 Å². The summed E-state index contributed by atoms with van der Waals surface area (Å²) in [5.41, 5.74) is 1.81. The number of fused-ring (bicyclic) bond motifs is 1. The Balaban J connectivity index is 1.91. The maximum Gasteiger partial charge on any atom is 0.114 e. The second-order valence-electron chi connectivity index (χ2n) is 7.58. The van der Waals surface area contributed by atoms with Gasteiger partial charge >= 0.3 is 0 Å². The number of ether oxygens (including phenoxy) is 1. The topological polar surface area (TPSA) is 34.1 Å². The molecule has 0 spiro atoms. The van der Waals surface area contributed by atoms with E-state index in [-0.39, 0.29) is 5.54 Å². The molecule has 2 unspecified atom stereocenters. The van der Waals surface area contributed by atoms with Gasteiger partial charge in [-0.05, 0) is 43.4 Å². The molecule has 0 radical (unpaired) electrons. The Morgan fingerprint density at radius 3 is 2.81 bits per heavy atom. The molecule has 21 heavy (non-hydrogen) atoms. The van der Waals surface area contributed by atoms with Crippen LogP contribution >= 0.6 is 11.3 Å². The average molecular weight is 308 g/mol. The highest BCUT2D eigenvalue weighted by Gasteiger charge is 2.51. The zero-order valence-corrected chi connectivity index (χ0v) is 14.6. The van der Waals surface area contributed by atoms with Crippen LogP contribution in [0.1, 0.15) is 55.6 Å². The Morgan fingerprint density at radius 1 is 1.38 bits per heavy atom. The van der Waals surface area contributed by atoms with Gasteiger partial charge in [-0.15, -0.1) is 11.3 Å². The van der Waals surface area contributed by atoms with Crippen LogP contribution in [-0.4, -0.2) is 25.2 Å². The number of aryl methyl sites for hydroxylation is 2. The monoisotopic (exact) mass is 308 g/mol. The number of nitrogens with zero attached hydrogens (tertiary/aromatic N) is 1. The molecule has 1 aromatic heterocycles. The van der Waals surface area contributed by atoms with Crippen LogP contribution in [-0.2, 0) is 23.1 Å². The molecule has 0 amide bonds. The summed E-state index contributed by atoms with van der Waals surface area (Å²) in [5.74, 6) is 0.621. The lowest BCUT2D eigenvalue weighted by atomic mass is 9.86. The maximum absolute atomic E-state index is 5.25. The molecule has 1 aromatic rings. The van der Waals surface area contributed by atoms with Crippen molar-refractivity contribution < 1.29 is 4.74 Å². The molecular formula is C17H28N2OS. The molecule has 0 aliphatic heterocycles. The Labute approximate surface area is 132 Å². The van der Waals surface area contributed by atoms with Crippen molar-refractivity contribution in [3.63, 3.8) is 0 Å². The van der Waals surface area contributed by atoms with Gasteiger partial charge in [-0.2, -0.15) is 0 Å². The third-order valence-electron chi connectivity index (χ3n) is 5.18. The van der Waals surface area contributed by atoms with E-state index in [0.29, 0.717) is 11.3 Å². The van der Waals surface area contributed by atoms with Crippen LogP contribution in [0, 0.1) is 11.3 Å². The molecule has 1 N–H and O–H groups in total. The Morgan fingerprint density at radius 2 is 2.19 bits per heavy atom. The Kier molecular flexibility index (Phi) is 4.15. The fourth-order valence-electron chi connectivity index (χ4n) is 4.36. The molecule has 3 rings (SSSR count). The van der Waals surface area contributed by atoms with Crippen molar-refractivity contribution in [3.8, 4) is 0 Å². The van der Waals surface area contributed by atoms with E-state index in [2.05, 4.69) is 26.1 Å². The van der Waals surface area contributed by atoms with Gasteiger partial charge in [0.05, 0.1) is 17.8 Å². The highest BCUT2D eigenvalue weighted by atomic mass is 32.1. The summed E-state index contributed by atoms with van der Waals surface area (Å²) >= 11 is 1.97. The van der Waals surface area contributed by atoms with Crippen molar-refractivity contribution in [3.05, 3.63) is 15.6 Å². The highest BCUT2D eigenvalue weighted by Crippen LogP contribution is 2.53. The minimum absolute atomic E-state index is 0.0526. The zero-order chi connectivity index (χ0) is 15.1. The predicted molar refractivity (Wildman–Crippen MR) is 87.9 cm³/mol. The molecule has 1 saturated carbocycles. The third-order valence-corrected chi connectivity index (χ3v) is 6.52. The molecule has 1 fully saturated rings. The summed E-state index contributed by atoms with van der Waals surface area (Å²) in [7, 11) is 1.77. The Bertz CT molecular complexity index is 489. The minimum Gasteiger partial charge on any atom is -0.383 e. The van der Waals surface area contributed by atoms with Crippen molar-refractivity contribution in [2.75, 3.05) is 20.3 Å². The van der Waals surface area contributed by atoms with Crippen molar-refractivity contribution in [1.82, 2.24) is 10.3 Å². The van der Waals surface area contributed by atoms with Gasteiger partial charge in [-0.1, -0.05) is 20.8 Å². The van der Waals surface area contributed by atoms with Gasteiger partial charge < -0.3 is 10.1 Å². The molecule has 0 aromatic carbocycles. The lowest BCUT2D eigenvalue weighted by molar-refractivity contribution is 0.169. The lowest BCUT2D eigenvalue weighted by Crippen LogP contribution is -2.46. The number of hydrogen-bond donors (Lipinski definition) is 1. The number of rotatable bonds is 5. The second kappa shape index (κ2) is 5.64.